The number of aromatic nitrogens is 2. The normalized spacial score (nSPS) is 10.7. The molecule has 0 spiro atoms. The molecule has 90 valence electrons. The van der Waals surface area contributed by atoms with Crippen molar-refractivity contribution in [1.82, 2.24) is 15.3 Å². The van der Waals surface area contributed by atoms with E-state index in [1.54, 1.807) is 6.33 Å². The quantitative estimate of drug-likeness (QED) is 0.773. The smallest absolute Gasteiger partial charge is 0.0921 e. The third-order valence-corrected chi connectivity index (χ3v) is 3.16. The van der Waals surface area contributed by atoms with Gasteiger partial charge in [0.05, 0.1) is 6.33 Å². The number of hydrogen-bond donors (Lipinski definition) is 2. The molecule has 0 saturated carbocycles. The van der Waals surface area contributed by atoms with Gasteiger partial charge in [-0.1, -0.05) is 18.2 Å². The molecule has 0 unspecified atom stereocenters. The molecular weight excluding hydrogens is 210 g/mol. The van der Waals surface area contributed by atoms with Crippen LogP contribution in [0.15, 0.2) is 30.7 Å². The number of H-pyrrole nitrogens is 1. The zero-order chi connectivity index (χ0) is 12.1. The Morgan fingerprint density at radius 3 is 2.94 bits per heavy atom. The van der Waals surface area contributed by atoms with Crippen molar-refractivity contribution in [3.8, 4) is 0 Å². The molecule has 3 heteroatoms. The summed E-state index contributed by atoms with van der Waals surface area (Å²) < 4.78 is 0. The van der Waals surface area contributed by atoms with Crippen molar-refractivity contribution >= 4 is 0 Å². The van der Waals surface area contributed by atoms with Crippen LogP contribution in [0.3, 0.4) is 0 Å². The lowest BCUT2D eigenvalue weighted by Gasteiger charge is -2.09. The summed E-state index contributed by atoms with van der Waals surface area (Å²) in [5, 5.41) is 3.46. The van der Waals surface area contributed by atoms with Crippen molar-refractivity contribution in [2.45, 2.75) is 26.8 Å². The van der Waals surface area contributed by atoms with Gasteiger partial charge in [0.25, 0.3) is 0 Å². The van der Waals surface area contributed by atoms with Gasteiger partial charge in [-0.05, 0) is 30.5 Å². The van der Waals surface area contributed by atoms with E-state index < -0.39 is 0 Å². The van der Waals surface area contributed by atoms with Crippen LogP contribution < -0.4 is 5.32 Å². The van der Waals surface area contributed by atoms with Crippen LogP contribution in [0.4, 0.5) is 0 Å². The number of benzene rings is 1. The molecule has 0 aliphatic rings. The first-order valence-electron chi connectivity index (χ1n) is 6.00. The van der Waals surface area contributed by atoms with Crippen LogP contribution >= 0.6 is 0 Å². The van der Waals surface area contributed by atoms with Gasteiger partial charge in [-0.15, -0.1) is 0 Å². The van der Waals surface area contributed by atoms with Crippen LogP contribution in [0.1, 0.15) is 22.4 Å². The van der Waals surface area contributed by atoms with E-state index in [9.17, 15) is 0 Å². The minimum absolute atomic E-state index is 0.932. The lowest BCUT2D eigenvalue weighted by Crippen LogP contribution is -2.17. The van der Waals surface area contributed by atoms with Gasteiger partial charge in [0.15, 0.2) is 0 Å². The summed E-state index contributed by atoms with van der Waals surface area (Å²) in [4.78, 5) is 7.11. The molecule has 0 fully saturated rings. The van der Waals surface area contributed by atoms with E-state index in [-0.39, 0.29) is 0 Å². The van der Waals surface area contributed by atoms with Gasteiger partial charge in [0.1, 0.15) is 0 Å². The Bertz CT molecular complexity index is 460. The fourth-order valence-corrected chi connectivity index (χ4v) is 1.87. The van der Waals surface area contributed by atoms with Crippen LogP contribution in [-0.4, -0.2) is 16.5 Å². The Morgan fingerprint density at radius 2 is 2.18 bits per heavy atom. The summed E-state index contributed by atoms with van der Waals surface area (Å²) in [7, 11) is 0. The predicted octanol–water partition coefficient (Wildman–Crippen LogP) is 2.36. The van der Waals surface area contributed by atoms with Gasteiger partial charge in [0, 0.05) is 31.4 Å². The van der Waals surface area contributed by atoms with E-state index >= 15 is 0 Å². The molecular formula is C14H19N3. The lowest BCUT2D eigenvalue weighted by atomic mass is 10.0. The molecule has 0 aliphatic carbocycles. The Kier molecular flexibility index (Phi) is 3.94. The summed E-state index contributed by atoms with van der Waals surface area (Å²) in [6.07, 6.45) is 4.59. The number of hydrogen-bond acceptors (Lipinski definition) is 2. The van der Waals surface area contributed by atoms with Crippen molar-refractivity contribution in [2.75, 3.05) is 6.54 Å². The van der Waals surface area contributed by atoms with Gasteiger partial charge in [0.2, 0.25) is 0 Å². The number of imidazole rings is 1. The highest BCUT2D eigenvalue weighted by atomic mass is 14.9. The molecule has 17 heavy (non-hydrogen) atoms. The summed E-state index contributed by atoms with van der Waals surface area (Å²) in [5.74, 6) is 0. The number of aromatic amines is 1. The van der Waals surface area contributed by atoms with E-state index in [2.05, 4.69) is 47.3 Å². The van der Waals surface area contributed by atoms with Gasteiger partial charge >= 0.3 is 0 Å². The minimum Gasteiger partial charge on any atom is -0.348 e. The van der Waals surface area contributed by atoms with E-state index in [0.717, 1.165) is 19.5 Å². The molecule has 1 heterocycles. The van der Waals surface area contributed by atoms with Crippen molar-refractivity contribution in [1.29, 1.82) is 0 Å². The van der Waals surface area contributed by atoms with E-state index in [1.807, 2.05) is 6.20 Å². The molecule has 2 aromatic rings. The van der Waals surface area contributed by atoms with Gasteiger partial charge in [-0.25, -0.2) is 4.98 Å². The van der Waals surface area contributed by atoms with Crippen LogP contribution in [-0.2, 0) is 13.0 Å². The van der Waals surface area contributed by atoms with Crippen molar-refractivity contribution in [2.24, 2.45) is 0 Å². The van der Waals surface area contributed by atoms with Gasteiger partial charge in [-0.2, -0.15) is 0 Å². The molecule has 0 radical (unpaired) electrons. The number of aryl methyl sites for hydroxylation is 1. The molecule has 0 aliphatic heterocycles. The van der Waals surface area contributed by atoms with Gasteiger partial charge < -0.3 is 10.3 Å². The number of nitrogens with one attached hydrogen (secondary N) is 2. The molecule has 3 nitrogen and oxygen atoms in total. The predicted molar refractivity (Wildman–Crippen MR) is 69.9 cm³/mol. The second-order valence-corrected chi connectivity index (χ2v) is 4.36. The second kappa shape index (κ2) is 5.64. The van der Waals surface area contributed by atoms with E-state index in [0.29, 0.717) is 0 Å². The number of rotatable bonds is 5. The van der Waals surface area contributed by atoms with Crippen LogP contribution in [0.2, 0.25) is 0 Å². The average molecular weight is 229 g/mol. The molecule has 0 bridgehead atoms. The second-order valence-electron chi connectivity index (χ2n) is 4.36. The summed E-state index contributed by atoms with van der Waals surface area (Å²) in [6, 6.07) is 6.46. The first-order valence-corrected chi connectivity index (χ1v) is 6.00. The Balaban J connectivity index is 1.80. The van der Waals surface area contributed by atoms with E-state index in [1.165, 1.54) is 22.4 Å². The van der Waals surface area contributed by atoms with Crippen molar-refractivity contribution in [3.63, 3.8) is 0 Å². The highest BCUT2D eigenvalue weighted by molar-refractivity contribution is 5.32. The first kappa shape index (κ1) is 11.9. The largest absolute Gasteiger partial charge is 0.348 e. The van der Waals surface area contributed by atoms with Crippen LogP contribution in [0.25, 0.3) is 0 Å². The molecule has 2 N–H and O–H groups in total. The number of nitrogens with zero attached hydrogens (tertiary/aromatic N) is 1. The molecule has 1 aromatic heterocycles. The minimum atomic E-state index is 0.932. The summed E-state index contributed by atoms with van der Waals surface area (Å²) >= 11 is 0. The van der Waals surface area contributed by atoms with Crippen LogP contribution in [0, 0.1) is 13.8 Å². The molecule has 0 saturated heterocycles. The maximum absolute atomic E-state index is 4.00. The van der Waals surface area contributed by atoms with Crippen LogP contribution in [0.5, 0.6) is 0 Å². The molecule has 1 aromatic carbocycles. The third kappa shape index (κ3) is 3.17. The topological polar surface area (TPSA) is 40.7 Å². The highest BCUT2D eigenvalue weighted by Gasteiger charge is 2.00. The van der Waals surface area contributed by atoms with Crippen molar-refractivity contribution in [3.05, 3.63) is 53.1 Å². The highest BCUT2D eigenvalue weighted by Crippen LogP contribution is 2.12. The average Bonchev–Trinajstić information content (AvgIpc) is 2.83. The SMILES string of the molecule is Cc1cccc(CNCCc2cnc[nH]2)c1C. The Hall–Kier alpha value is -1.61. The maximum atomic E-state index is 4.00. The monoisotopic (exact) mass is 229 g/mol. The summed E-state index contributed by atoms with van der Waals surface area (Å²) in [5.41, 5.74) is 5.31. The van der Waals surface area contributed by atoms with Crippen molar-refractivity contribution < 1.29 is 0 Å². The summed E-state index contributed by atoms with van der Waals surface area (Å²) in [6.45, 7) is 6.24. The maximum Gasteiger partial charge on any atom is 0.0921 e. The van der Waals surface area contributed by atoms with Gasteiger partial charge in [-0.3, -0.25) is 0 Å². The van der Waals surface area contributed by atoms with E-state index in [4.69, 9.17) is 0 Å². The fraction of sp³-hybridized carbons (Fsp3) is 0.357. The zero-order valence-electron chi connectivity index (χ0n) is 10.5. The Morgan fingerprint density at radius 1 is 1.29 bits per heavy atom. The first-order chi connectivity index (χ1) is 8.27. The standard InChI is InChI=1S/C14H19N3/c1-11-4-3-5-13(12(11)2)8-15-7-6-14-9-16-10-17-14/h3-5,9-10,15H,6-8H2,1-2H3,(H,16,17). The molecule has 0 amide bonds. The molecule has 0 atom stereocenters. The lowest BCUT2D eigenvalue weighted by molar-refractivity contribution is 0.678. The fourth-order valence-electron chi connectivity index (χ4n) is 1.87. The third-order valence-electron chi connectivity index (χ3n) is 3.16. The Labute approximate surface area is 102 Å². The zero-order valence-corrected chi connectivity index (χ0v) is 10.5. The molecule has 2 rings (SSSR count).